The third-order valence-corrected chi connectivity index (χ3v) is 1.14. The minimum Gasteiger partial charge on any atom is -0.485 e. The summed E-state index contributed by atoms with van der Waals surface area (Å²) in [7, 11) is 0. The van der Waals surface area contributed by atoms with Crippen molar-refractivity contribution in [3.63, 3.8) is 0 Å². The van der Waals surface area contributed by atoms with Crippen LogP contribution in [0.5, 0.6) is 0 Å². The van der Waals surface area contributed by atoms with E-state index in [0.29, 0.717) is 0 Å². The van der Waals surface area contributed by atoms with Crippen molar-refractivity contribution in [2.45, 2.75) is 6.10 Å². The summed E-state index contributed by atoms with van der Waals surface area (Å²) in [5, 5.41) is -0.490. The van der Waals surface area contributed by atoms with E-state index in [1.165, 1.54) is 6.26 Å². The second-order valence-corrected chi connectivity index (χ2v) is 1.95. The number of halogens is 1. The Morgan fingerprint density at radius 3 is 2.67 bits per heavy atom. The highest BCUT2D eigenvalue weighted by atomic mass is 35.5. The van der Waals surface area contributed by atoms with Gasteiger partial charge >= 0.3 is 0 Å². The molecule has 0 radical (unpaired) electrons. The summed E-state index contributed by atoms with van der Waals surface area (Å²) >= 11 is 5.11. The van der Waals surface area contributed by atoms with Crippen LogP contribution < -0.4 is 0 Å². The predicted molar refractivity (Wildman–Crippen MR) is 34.0 cm³/mol. The van der Waals surface area contributed by atoms with Crippen molar-refractivity contribution in [1.29, 1.82) is 0 Å². The van der Waals surface area contributed by atoms with Crippen molar-refractivity contribution in [1.82, 2.24) is 0 Å². The van der Waals surface area contributed by atoms with Gasteiger partial charge in [-0.2, -0.15) is 0 Å². The van der Waals surface area contributed by atoms with E-state index >= 15 is 0 Å². The van der Waals surface area contributed by atoms with E-state index in [0.717, 1.165) is 0 Å². The summed E-state index contributed by atoms with van der Waals surface area (Å²) in [5.41, 5.74) is 0. The van der Waals surface area contributed by atoms with Crippen LogP contribution in [-0.4, -0.2) is 11.3 Å². The summed E-state index contributed by atoms with van der Waals surface area (Å²) in [6, 6.07) is 0. The zero-order valence-electron chi connectivity index (χ0n) is 4.58. The highest BCUT2D eigenvalue weighted by Gasteiger charge is 2.12. The van der Waals surface area contributed by atoms with Crippen molar-refractivity contribution in [2.24, 2.45) is 0 Å². The zero-order valence-corrected chi connectivity index (χ0v) is 5.34. The molecule has 1 atom stereocenters. The van der Waals surface area contributed by atoms with Crippen LogP contribution in [0.3, 0.4) is 0 Å². The predicted octanol–water partition coefficient (Wildman–Crippen LogP) is 1.22. The lowest BCUT2D eigenvalue weighted by molar-refractivity contribution is -0.117. The molecule has 3 heteroatoms. The Balaban J connectivity index is 2.56. The maximum atomic E-state index is 10.4. The minimum absolute atomic E-state index is 0.490. The fraction of sp³-hybridized carbons (Fsp3) is 0.167. The Morgan fingerprint density at radius 1 is 1.56 bits per heavy atom. The van der Waals surface area contributed by atoms with E-state index in [9.17, 15) is 4.79 Å². The van der Waals surface area contributed by atoms with Gasteiger partial charge in [0, 0.05) is 0 Å². The smallest absolute Gasteiger partial charge is 0.266 e. The molecule has 0 aromatic carbocycles. The molecule has 2 nitrogen and oxygen atoms in total. The van der Waals surface area contributed by atoms with Gasteiger partial charge in [0.15, 0.2) is 6.10 Å². The molecule has 1 heterocycles. The molecule has 0 bridgehead atoms. The van der Waals surface area contributed by atoms with Crippen LogP contribution in [0.25, 0.3) is 0 Å². The Labute approximate surface area is 57.8 Å². The number of carbonyl (C=O) groups excluding carboxylic acids is 1. The van der Waals surface area contributed by atoms with Gasteiger partial charge in [0.25, 0.3) is 5.24 Å². The highest BCUT2D eigenvalue weighted by molar-refractivity contribution is 6.64. The summed E-state index contributed by atoms with van der Waals surface area (Å²) in [6.45, 7) is 0. The van der Waals surface area contributed by atoms with E-state index in [1.807, 2.05) is 0 Å². The standard InChI is InChI=1S/C6H5ClO2/c7-6(8)5-3-1-2-4-9-5/h1-5H. The second-order valence-electron chi connectivity index (χ2n) is 1.57. The van der Waals surface area contributed by atoms with E-state index < -0.39 is 11.3 Å². The number of rotatable bonds is 1. The first-order valence-corrected chi connectivity index (χ1v) is 2.86. The van der Waals surface area contributed by atoms with Gasteiger partial charge in [0.05, 0.1) is 6.26 Å². The Hall–Kier alpha value is -0.760. The van der Waals surface area contributed by atoms with Crippen LogP contribution in [-0.2, 0) is 9.53 Å². The quantitative estimate of drug-likeness (QED) is 0.518. The topological polar surface area (TPSA) is 26.3 Å². The largest absolute Gasteiger partial charge is 0.485 e. The first-order valence-electron chi connectivity index (χ1n) is 2.49. The molecule has 0 saturated heterocycles. The molecule has 0 saturated carbocycles. The second kappa shape index (κ2) is 2.69. The third-order valence-electron chi connectivity index (χ3n) is 0.924. The molecule has 1 unspecified atom stereocenters. The molecule has 0 aromatic rings. The first-order chi connectivity index (χ1) is 4.30. The molecule has 1 rings (SSSR count). The van der Waals surface area contributed by atoms with Gasteiger partial charge in [-0.1, -0.05) is 6.08 Å². The monoisotopic (exact) mass is 144 g/mol. The Kier molecular flexibility index (Phi) is 1.90. The summed E-state index contributed by atoms with van der Waals surface area (Å²) < 4.78 is 4.79. The molecule has 1 aliphatic heterocycles. The van der Waals surface area contributed by atoms with Crippen molar-refractivity contribution >= 4 is 16.8 Å². The molecular formula is C6H5ClO2. The zero-order chi connectivity index (χ0) is 6.69. The van der Waals surface area contributed by atoms with Gasteiger partial charge in [-0.3, -0.25) is 4.79 Å². The number of hydrogen-bond acceptors (Lipinski definition) is 2. The van der Waals surface area contributed by atoms with Crippen LogP contribution in [0.2, 0.25) is 0 Å². The van der Waals surface area contributed by atoms with E-state index in [4.69, 9.17) is 16.3 Å². The fourth-order valence-electron chi connectivity index (χ4n) is 0.515. The maximum absolute atomic E-state index is 10.4. The van der Waals surface area contributed by atoms with Gasteiger partial charge in [-0.25, -0.2) is 0 Å². The van der Waals surface area contributed by atoms with Crippen molar-refractivity contribution in [3.8, 4) is 0 Å². The van der Waals surface area contributed by atoms with Crippen LogP contribution in [0, 0.1) is 0 Å². The summed E-state index contributed by atoms with van der Waals surface area (Å²) in [4.78, 5) is 10.4. The fourth-order valence-corrected chi connectivity index (χ4v) is 0.639. The van der Waals surface area contributed by atoms with Gasteiger partial charge in [0.2, 0.25) is 0 Å². The number of hydrogen-bond donors (Lipinski definition) is 0. The Bertz CT molecular complexity index is 172. The lowest BCUT2D eigenvalue weighted by Crippen LogP contribution is -2.15. The molecule has 0 amide bonds. The lowest BCUT2D eigenvalue weighted by atomic mass is 10.3. The third kappa shape index (κ3) is 1.57. The van der Waals surface area contributed by atoms with Crippen molar-refractivity contribution < 1.29 is 9.53 Å². The average Bonchev–Trinajstić information content (AvgIpc) is 1.90. The van der Waals surface area contributed by atoms with Crippen LogP contribution in [0.15, 0.2) is 24.5 Å². The SMILES string of the molecule is O=C(Cl)C1C=CC=CO1. The van der Waals surface area contributed by atoms with E-state index in [1.54, 1.807) is 18.2 Å². The number of ether oxygens (including phenoxy) is 1. The molecule has 0 fully saturated rings. The number of carbonyl (C=O) groups is 1. The Morgan fingerprint density at radius 2 is 2.33 bits per heavy atom. The van der Waals surface area contributed by atoms with Crippen LogP contribution >= 0.6 is 11.6 Å². The maximum Gasteiger partial charge on any atom is 0.266 e. The normalized spacial score (nSPS) is 23.4. The van der Waals surface area contributed by atoms with E-state index in [-0.39, 0.29) is 0 Å². The molecule has 9 heavy (non-hydrogen) atoms. The minimum atomic E-state index is -0.586. The van der Waals surface area contributed by atoms with Crippen molar-refractivity contribution in [2.75, 3.05) is 0 Å². The molecule has 1 aliphatic rings. The molecule has 0 aromatic heterocycles. The lowest BCUT2D eigenvalue weighted by Gasteiger charge is -2.08. The molecule has 0 aliphatic carbocycles. The van der Waals surface area contributed by atoms with Crippen LogP contribution in [0.4, 0.5) is 0 Å². The molecule has 0 spiro atoms. The summed E-state index contributed by atoms with van der Waals surface area (Å²) in [5.74, 6) is 0. The summed E-state index contributed by atoms with van der Waals surface area (Å²) in [6.07, 6.45) is 5.85. The molecular weight excluding hydrogens is 140 g/mol. The van der Waals surface area contributed by atoms with Crippen LogP contribution in [0.1, 0.15) is 0 Å². The van der Waals surface area contributed by atoms with Gasteiger partial charge in [0.1, 0.15) is 0 Å². The van der Waals surface area contributed by atoms with Gasteiger partial charge in [-0.15, -0.1) is 0 Å². The van der Waals surface area contributed by atoms with Gasteiger partial charge < -0.3 is 4.74 Å². The van der Waals surface area contributed by atoms with Gasteiger partial charge in [-0.05, 0) is 23.8 Å². The first kappa shape index (κ1) is 6.36. The molecule has 0 N–H and O–H groups in total. The van der Waals surface area contributed by atoms with Crippen molar-refractivity contribution in [3.05, 3.63) is 24.5 Å². The molecule has 48 valence electrons. The van der Waals surface area contributed by atoms with E-state index in [2.05, 4.69) is 0 Å². The highest BCUT2D eigenvalue weighted by Crippen LogP contribution is 2.04. The average molecular weight is 145 g/mol. The number of allylic oxidation sites excluding steroid dienone is 2.